The first-order chi connectivity index (χ1) is 8.24. The standard InChI is InChI=1S/C12H17NO4/c1-10(14)12-4-3-11(9-13-12)17-8-7-16-6-5-15-2/h3-4,9H,5-8H2,1-2H3. The summed E-state index contributed by atoms with van der Waals surface area (Å²) in [6, 6.07) is 3.36. The van der Waals surface area contributed by atoms with E-state index in [1.807, 2.05) is 0 Å². The maximum absolute atomic E-state index is 11.0. The number of ether oxygens (including phenoxy) is 3. The van der Waals surface area contributed by atoms with Crippen LogP contribution >= 0.6 is 0 Å². The maximum atomic E-state index is 11.0. The van der Waals surface area contributed by atoms with Crippen LogP contribution in [0.4, 0.5) is 0 Å². The number of Topliss-reactive ketones (excluding diaryl/α,β-unsaturated/α-hetero) is 1. The van der Waals surface area contributed by atoms with E-state index >= 15 is 0 Å². The molecule has 0 amide bonds. The average Bonchev–Trinajstić information content (AvgIpc) is 2.34. The molecule has 0 N–H and O–H groups in total. The Kier molecular flexibility index (Phi) is 6.21. The van der Waals surface area contributed by atoms with Crippen molar-refractivity contribution in [3.63, 3.8) is 0 Å². The first kappa shape index (κ1) is 13.6. The number of hydrogen-bond acceptors (Lipinski definition) is 5. The largest absolute Gasteiger partial charge is 0.490 e. The molecule has 5 heteroatoms. The van der Waals surface area contributed by atoms with E-state index < -0.39 is 0 Å². The highest BCUT2D eigenvalue weighted by atomic mass is 16.5. The molecule has 0 aliphatic rings. The fourth-order valence-corrected chi connectivity index (χ4v) is 1.14. The van der Waals surface area contributed by atoms with Crippen LogP contribution in [0.2, 0.25) is 0 Å². The first-order valence-electron chi connectivity index (χ1n) is 5.40. The summed E-state index contributed by atoms with van der Waals surface area (Å²) in [6.07, 6.45) is 1.53. The van der Waals surface area contributed by atoms with Crippen LogP contribution in [0.15, 0.2) is 18.3 Å². The molecule has 0 unspecified atom stereocenters. The van der Waals surface area contributed by atoms with Crippen LogP contribution < -0.4 is 4.74 Å². The maximum Gasteiger partial charge on any atom is 0.178 e. The third-order valence-electron chi connectivity index (χ3n) is 2.03. The Morgan fingerprint density at radius 3 is 2.59 bits per heavy atom. The van der Waals surface area contributed by atoms with E-state index in [1.165, 1.54) is 13.1 Å². The van der Waals surface area contributed by atoms with Crippen molar-refractivity contribution < 1.29 is 19.0 Å². The van der Waals surface area contributed by atoms with Gasteiger partial charge in [-0.25, -0.2) is 4.98 Å². The van der Waals surface area contributed by atoms with Crippen LogP contribution in [0.3, 0.4) is 0 Å². The quantitative estimate of drug-likeness (QED) is 0.506. The molecular weight excluding hydrogens is 222 g/mol. The van der Waals surface area contributed by atoms with E-state index in [0.717, 1.165) is 0 Å². The molecule has 0 saturated carbocycles. The molecule has 0 bridgehead atoms. The number of carbonyl (C=O) groups excluding carboxylic acids is 1. The van der Waals surface area contributed by atoms with Gasteiger partial charge in [0, 0.05) is 14.0 Å². The third kappa shape index (κ3) is 5.42. The van der Waals surface area contributed by atoms with Crippen molar-refractivity contribution in [2.75, 3.05) is 33.5 Å². The van der Waals surface area contributed by atoms with Crippen LogP contribution in [0.25, 0.3) is 0 Å². The SMILES string of the molecule is COCCOCCOc1ccc(C(C)=O)nc1. The molecule has 0 saturated heterocycles. The predicted molar refractivity (Wildman–Crippen MR) is 62.4 cm³/mol. The summed E-state index contributed by atoms with van der Waals surface area (Å²) >= 11 is 0. The van der Waals surface area contributed by atoms with E-state index in [4.69, 9.17) is 14.2 Å². The highest BCUT2D eigenvalue weighted by molar-refractivity contribution is 5.92. The molecule has 0 fully saturated rings. The van der Waals surface area contributed by atoms with Crippen molar-refractivity contribution in [1.82, 2.24) is 4.98 Å². The molecule has 1 rings (SSSR count). The van der Waals surface area contributed by atoms with Crippen LogP contribution in [-0.4, -0.2) is 44.3 Å². The normalized spacial score (nSPS) is 10.2. The van der Waals surface area contributed by atoms with Gasteiger partial charge in [-0.05, 0) is 12.1 Å². The van der Waals surface area contributed by atoms with Gasteiger partial charge in [-0.3, -0.25) is 4.79 Å². The second-order valence-corrected chi connectivity index (χ2v) is 3.39. The van der Waals surface area contributed by atoms with Gasteiger partial charge in [-0.15, -0.1) is 0 Å². The monoisotopic (exact) mass is 239 g/mol. The van der Waals surface area contributed by atoms with E-state index in [0.29, 0.717) is 37.9 Å². The van der Waals surface area contributed by atoms with Gasteiger partial charge in [0.2, 0.25) is 0 Å². The molecule has 94 valence electrons. The topological polar surface area (TPSA) is 57.7 Å². The summed E-state index contributed by atoms with van der Waals surface area (Å²) in [6.45, 7) is 3.56. The fourth-order valence-electron chi connectivity index (χ4n) is 1.14. The van der Waals surface area contributed by atoms with Gasteiger partial charge in [0.1, 0.15) is 18.1 Å². The van der Waals surface area contributed by atoms with Crippen molar-refractivity contribution in [3.8, 4) is 5.75 Å². The number of hydrogen-bond donors (Lipinski definition) is 0. The summed E-state index contributed by atoms with van der Waals surface area (Å²) < 4.78 is 15.4. The lowest BCUT2D eigenvalue weighted by Crippen LogP contribution is -2.10. The van der Waals surface area contributed by atoms with E-state index in [2.05, 4.69) is 4.98 Å². The van der Waals surface area contributed by atoms with Gasteiger partial charge in [0.15, 0.2) is 5.78 Å². The number of methoxy groups -OCH3 is 1. The smallest absolute Gasteiger partial charge is 0.178 e. The van der Waals surface area contributed by atoms with Gasteiger partial charge in [0.05, 0.1) is 26.0 Å². The number of pyridine rings is 1. The Balaban J connectivity index is 2.21. The van der Waals surface area contributed by atoms with Crippen molar-refractivity contribution in [2.24, 2.45) is 0 Å². The fraction of sp³-hybridized carbons (Fsp3) is 0.500. The summed E-state index contributed by atoms with van der Waals surface area (Å²) in [5.41, 5.74) is 0.439. The number of nitrogens with zero attached hydrogens (tertiary/aromatic N) is 1. The molecule has 0 aliphatic heterocycles. The molecule has 1 aromatic rings. The van der Waals surface area contributed by atoms with Crippen LogP contribution in [0.1, 0.15) is 17.4 Å². The molecule has 5 nitrogen and oxygen atoms in total. The van der Waals surface area contributed by atoms with E-state index in [9.17, 15) is 4.79 Å². The summed E-state index contributed by atoms with van der Waals surface area (Å²) in [7, 11) is 1.63. The molecule has 0 aromatic carbocycles. The lowest BCUT2D eigenvalue weighted by Gasteiger charge is -2.06. The Labute approximate surface area is 101 Å². The Bertz CT molecular complexity index is 337. The predicted octanol–water partition coefficient (Wildman–Crippen LogP) is 1.33. The highest BCUT2D eigenvalue weighted by Crippen LogP contribution is 2.09. The molecule has 1 aromatic heterocycles. The molecule has 0 atom stereocenters. The molecule has 17 heavy (non-hydrogen) atoms. The summed E-state index contributed by atoms with van der Waals surface area (Å²) in [5.74, 6) is 0.574. The second kappa shape index (κ2) is 7.76. The zero-order chi connectivity index (χ0) is 12.5. The second-order valence-electron chi connectivity index (χ2n) is 3.39. The van der Waals surface area contributed by atoms with Crippen molar-refractivity contribution in [1.29, 1.82) is 0 Å². The lowest BCUT2D eigenvalue weighted by molar-refractivity contribution is 0.0543. The highest BCUT2D eigenvalue weighted by Gasteiger charge is 2.00. The minimum Gasteiger partial charge on any atom is -0.490 e. The molecular formula is C12H17NO4. The van der Waals surface area contributed by atoms with Gasteiger partial charge < -0.3 is 14.2 Å². The number of rotatable bonds is 8. The van der Waals surface area contributed by atoms with Crippen molar-refractivity contribution >= 4 is 5.78 Å². The molecule has 0 radical (unpaired) electrons. The molecule has 0 aliphatic carbocycles. The van der Waals surface area contributed by atoms with Gasteiger partial charge in [-0.2, -0.15) is 0 Å². The molecule has 1 heterocycles. The van der Waals surface area contributed by atoms with Crippen molar-refractivity contribution in [3.05, 3.63) is 24.0 Å². The average molecular weight is 239 g/mol. The number of aromatic nitrogens is 1. The van der Waals surface area contributed by atoms with Crippen LogP contribution in [0, 0.1) is 0 Å². The van der Waals surface area contributed by atoms with Crippen molar-refractivity contribution in [2.45, 2.75) is 6.92 Å². The zero-order valence-electron chi connectivity index (χ0n) is 10.1. The van der Waals surface area contributed by atoms with Crippen LogP contribution in [0.5, 0.6) is 5.75 Å². The van der Waals surface area contributed by atoms with Crippen LogP contribution in [-0.2, 0) is 9.47 Å². The molecule has 0 spiro atoms. The van der Waals surface area contributed by atoms with Gasteiger partial charge in [0.25, 0.3) is 0 Å². The zero-order valence-corrected chi connectivity index (χ0v) is 10.1. The summed E-state index contributed by atoms with van der Waals surface area (Å²) in [4.78, 5) is 15.0. The van der Waals surface area contributed by atoms with E-state index in [-0.39, 0.29) is 5.78 Å². The third-order valence-corrected chi connectivity index (χ3v) is 2.03. The Morgan fingerprint density at radius 1 is 1.24 bits per heavy atom. The number of carbonyl (C=O) groups is 1. The minimum absolute atomic E-state index is 0.0561. The minimum atomic E-state index is -0.0561. The lowest BCUT2D eigenvalue weighted by atomic mass is 10.3. The Morgan fingerprint density at radius 2 is 2.00 bits per heavy atom. The summed E-state index contributed by atoms with van der Waals surface area (Å²) in [5, 5.41) is 0. The Hall–Kier alpha value is -1.46. The van der Waals surface area contributed by atoms with E-state index in [1.54, 1.807) is 19.2 Å². The van der Waals surface area contributed by atoms with Gasteiger partial charge in [-0.1, -0.05) is 0 Å². The number of ketones is 1. The van der Waals surface area contributed by atoms with Gasteiger partial charge >= 0.3 is 0 Å². The first-order valence-corrected chi connectivity index (χ1v) is 5.40.